The van der Waals surface area contributed by atoms with Crippen LogP contribution in [-0.2, 0) is 4.79 Å². The van der Waals surface area contributed by atoms with Crippen LogP contribution in [0.2, 0.25) is 0 Å². The molecule has 1 amide bonds. The molecule has 0 aromatic rings. The molecule has 90 valence electrons. The Labute approximate surface area is 99.0 Å². The number of carbonyl (C=O) groups is 1. The molecule has 3 heteroatoms. The normalized spacial score (nSPS) is 11.1. The molecule has 0 aliphatic rings. The van der Waals surface area contributed by atoms with Gasteiger partial charge in [-0.05, 0) is 33.1 Å². The summed E-state index contributed by atoms with van der Waals surface area (Å²) >= 11 is 5.66. The lowest BCUT2D eigenvalue weighted by atomic mass is 10.0. The lowest BCUT2D eigenvalue weighted by Gasteiger charge is -2.30. The second kappa shape index (κ2) is 7.98. The first kappa shape index (κ1) is 14.8. The molecule has 2 nitrogen and oxygen atoms in total. The fourth-order valence-corrected chi connectivity index (χ4v) is 1.84. The van der Waals surface area contributed by atoms with Gasteiger partial charge in [0.15, 0.2) is 0 Å². The molecule has 0 spiro atoms. The molecule has 0 aromatic carbocycles. The summed E-state index contributed by atoms with van der Waals surface area (Å²) in [5.74, 6) is 1.10. The van der Waals surface area contributed by atoms with Crippen molar-refractivity contribution in [1.29, 1.82) is 0 Å². The van der Waals surface area contributed by atoms with Crippen molar-refractivity contribution in [3.63, 3.8) is 0 Å². The zero-order valence-corrected chi connectivity index (χ0v) is 11.2. The Kier molecular flexibility index (Phi) is 7.85. The number of rotatable bonds is 7. The molecular weight excluding hydrogens is 210 g/mol. The standard InChI is InChI=1S/C12H24ClNO/c1-5-11(6-2)12(15)14(10(3)4)9-7-8-13/h10-11H,5-9H2,1-4H3. The van der Waals surface area contributed by atoms with Crippen LogP contribution >= 0.6 is 11.6 Å². The van der Waals surface area contributed by atoms with E-state index in [4.69, 9.17) is 11.6 Å². The number of hydrogen-bond donors (Lipinski definition) is 0. The minimum atomic E-state index is 0.183. The van der Waals surface area contributed by atoms with Crippen molar-refractivity contribution < 1.29 is 4.79 Å². The second-order valence-corrected chi connectivity index (χ2v) is 4.56. The zero-order valence-electron chi connectivity index (χ0n) is 10.4. The van der Waals surface area contributed by atoms with Crippen molar-refractivity contribution in [2.24, 2.45) is 5.92 Å². The van der Waals surface area contributed by atoms with E-state index in [0.717, 1.165) is 25.8 Å². The van der Waals surface area contributed by atoms with Crippen LogP contribution < -0.4 is 0 Å². The van der Waals surface area contributed by atoms with Crippen molar-refractivity contribution in [1.82, 2.24) is 4.90 Å². The summed E-state index contributed by atoms with van der Waals surface area (Å²) in [6.45, 7) is 9.07. The molecule has 0 aliphatic carbocycles. The molecule has 0 unspecified atom stereocenters. The molecule has 0 atom stereocenters. The molecule has 0 heterocycles. The Morgan fingerprint density at radius 2 is 1.80 bits per heavy atom. The van der Waals surface area contributed by atoms with E-state index >= 15 is 0 Å². The predicted molar refractivity (Wildman–Crippen MR) is 66.3 cm³/mol. The zero-order chi connectivity index (χ0) is 11.8. The summed E-state index contributed by atoms with van der Waals surface area (Å²) in [5, 5.41) is 0. The van der Waals surface area contributed by atoms with E-state index in [9.17, 15) is 4.79 Å². The number of nitrogens with zero attached hydrogens (tertiary/aromatic N) is 1. The Morgan fingerprint density at radius 3 is 2.13 bits per heavy atom. The second-order valence-electron chi connectivity index (χ2n) is 4.18. The highest BCUT2D eigenvalue weighted by Crippen LogP contribution is 2.14. The molecule has 0 saturated carbocycles. The largest absolute Gasteiger partial charge is 0.340 e. The van der Waals surface area contributed by atoms with Crippen LogP contribution in [0.1, 0.15) is 47.0 Å². The Morgan fingerprint density at radius 1 is 1.27 bits per heavy atom. The van der Waals surface area contributed by atoms with Crippen LogP contribution in [-0.4, -0.2) is 29.3 Å². The van der Waals surface area contributed by atoms with Gasteiger partial charge in [-0.3, -0.25) is 4.79 Å². The third-order valence-corrected chi connectivity index (χ3v) is 3.04. The first-order valence-electron chi connectivity index (χ1n) is 5.94. The van der Waals surface area contributed by atoms with E-state index in [2.05, 4.69) is 27.7 Å². The van der Waals surface area contributed by atoms with Crippen LogP contribution in [0.3, 0.4) is 0 Å². The van der Waals surface area contributed by atoms with Crippen molar-refractivity contribution in [3.8, 4) is 0 Å². The molecule has 0 rings (SSSR count). The summed E-state index contributed by atoms with van der Waals surface area (Å²) in [6, 6.07) is 0.279. The lowest BCUT2D eigenvalue weighted by Crippen LogP contribution is -2.41. The number of carbonyl (C=O) groups excluding carboxylic acids is 1. The van der Waals surface area contributed by atoms with Crippen LogP contribution in [0.15, 0.2) is 0 Å². The van der Waals surface area contributed by atoms with E-state index in [1.54, 1.807) is 0 Å². The summed E-state index contributed by atoms with van der Waals surface area (Å²) in [4.78, 5) is 14.1. The lowest BCUT2D eigenvalue weighted by molar-refractivity contribution is -0.137. The Balaban J connectivity index is 4.39. The molecule has 0 fully saturated rings. The van der Waals surface area contributed by atoms with Gasteiger partial charge in [0.05, 0.1) is 0 Å². The highest BCUT2D eigenvalue weighted by Gasteiger charge is 2.22. The molecule has 15 heavy (non-hydrogen) atoms. The third-order valence-electron chi connectivity index (χ3n) is 2.77. The smallest absolute Gasteiger partial charge is 0.225 e. The summed E-state index contributed by atoms with van der Waals surface area (Å²) in [7, 11) is 0. The van der Waals surface area contributed by atoms with Crippen LogP contribution in [0.5, 0.6) is 0 Å². The van der Waals surface area contributed by atoms with Gasteiger partial charge in [0.1, 0.15) is 0 Å². The Hall–Kier alpha value is -0.240. The average Bonchev–Trinajstić information content (AvgIpc) is 2.19. The maximum Gasteiger partial charge on any atom is 0.225 e. The van der Waals surface area contributed by atoms with Crippen molar-refractivity contribution in [2.75, 3.05) is 12.4 Å². The van der Waals surface area contributed by atoms with Gasteiger partial charge in [0, 0.05) is 24.4 Å². The number of halogens is 1. The highest BCUT2D eigenvalue weighted by molar-refractivity contribution is 6.17. The van der Waals surface area contributed by atoms with E-state index in [1.165, 1.54) is 0 Å². The van der Waals surface area contributed by atoms with Gasteiger partial charge in [-0.25, -0.2) is 0 Å². The average molecular weight is 234 g/mol. The monoisotopic (exact) mass is 233 g/mol. The first-order chi connectivity index (χ1) is 7.08. The van der Waals surface area contributed by atoms with E-state index in [-0.39, 0.29) is 12.0 Å². The molecule has 0 saturated heterocycles. The third kappa shape index (κ3) is 4.87. The first-order valence-corrected chi connectivity index (χ1v) is 6.48. The van der Waals surface area contributed by atoms with Crippen molar-refractivity contribution in [3.05, 3.63) is 0 Å². The number of hydrogen-bond acceptors (Lipinski definition) is 1. The number of alkyl halides is 1. The van der Waals surface area contributed by atoms with Gasteiger partial charge in [-0.15, -0.1) is 11.6 Å². The van der Waals surface area contributed by atoms with Crippen molar-refractivity contribution >= 4 is 17.5 Å². The van der Waals surface area contributed by atoms with Crippen LogP contribution in [0, 0.1) is 5.92 Å². The van der Waals surface area contributed by atoms with Gasteiger partial charge in [-0.2, -0.15) is 0 Å². The molecular formula is C12H24ClNO. The molecule has 0 aromatic heterocycles. The Bertz CT molecular complexity index is 178. The van der Waals surface area contributed by atoms with Gasteiger partial charge in [0.25, 0.3) is 0 Å². The molecule has 0 radical (unpaired) electrons. The van der Waals surface area contributed by atoms with Crippen LogP contribution in [0.25, 0.3) is 0 Å². The van der Waals surface area contributed by atoms with Gasteiger partial charge in [0.2, 0.25) is 5.91 Å². The van der Waals surface area contributed by atoms with Crippen LogP contribution in [0.4, 0.5) is 0 Å². The van der Waals surface area contributed by atoms with E-state index in [0.29, 0.717) is 11.8 Å². The van der Waals surface area contributed by atoms with E-state index in [1.807, 2.05) is 4.90 Å². The van der Waals surface area contributed by atoms with Gasteiger partial charge in [-0.1, -0.05) is 13.8 Å². The summed E-state index contributed by atoms with van der Waals surface area (Å²) < 4.78 is 0. The molecule has 0 N–H and O–H groups in total. The predicted octanol–water partition coefficient (Wildman–Crippen LogP) is 3.29. The summed E-state index contributed by atoms with van der Waals surface area (Å²) in [6.07, 6.45) is 2.74. The number of amides is 1. The molecule has 0 aliphatic heterocycles. The minimum Gasteiger partial charge on any atom is -0.340 e. The highest BCUT2D eigenvalue weighted by atomic mass is 35.5. The van der Waals surface area contributed by atoms with E-state index < -0.39 is 0 Å². The quantitative estimate of drug-likeness (QED) is 0.618. The SMILES string of the molecule is CCC(CC)C(=O)N(CCCCl)C(C)C. The fraction of sp³-hybridized carbons (Fsp3) is 0.917. The summed E-state index contributed by atoms with van der Waals surface area (Å²) in [5.41, 5.74) is 0. The van der Waals surface area contributed by atoms with Gasteiger partial charge >= 0.3 is 0 Å². The van der Waals surface area contributed by atoms with Crippen molar-refractivity contribution in [2.45, 2.75) is 53.0 Å². The maximum atomic E-state index is 12.1. The topological polar surface area (TPSA) is 20.3 Å². The minimum absolute atomic E-state index is 0.183. The maximum absolute atomic E-state index is 12.1. The van der Waals surface area contributed by atoms with Gasteiger partial charge < -0.3 is 4.90 Å². The fourth-order valence-electron chi connectivity index (χ4n) is 1.73. The molecule has 0 bridgehead atoms.